The monoisotopic (exact) mass is 439 g/mol. The lowest BCUT2D eigenvalue weighted by Gasteiger charge is -2.37. The summed E-state index contributed by atoms with van der Waals surface area (Å²) >= 11 is 0. The number of unbranched alkanes of at least 4 members (excludes halogenated alkanes) is 3. The molecule has 0 saturated carbocycles. The van der Waals surface area contributed by atoms with E-state index in [9.17, 15) is 10.2 Å². The minimum atomic E-state index is 0.164. The molecule has 0 heterocycles. The summed E-state index contributed by atoms with van der Waals surface area (Å²) in [5, 5.41) is 35.9. The van der Waals surface area contributed by atoms with Crippen LogP contribution in [-0.4, -0.2) is 60.7 Å². The molecule has 2 aromatic carbocycles. The lowest BCUT2D eigenvalue weighted by molar-refractivity contribution is -0.927. The van der Waals surface area contributed by atoms with Crippen molar-refractivity contribution in [2.75, 3.05) is 46.0 Å². The third-order valence-electron chi connectivity index (χ3n) is 5.73. The van der Waals surface area contributed by atoms with E-state index in [4.69, 9.17) is 10.00 Å². The number of benzene rings is 2. The molecule has 0 radical (unpaired) electrons. The van der Waals surface area contributed by atoms with E-state index in [1.807, 2.05) is 24.3 Å². The Morgan fingerprint density at radius 3 is 1.91 bits per heavy atom. The summed E-state index contributed by atoms with van der Waals surface area (Å²) in [5.41, 5.74) is 2.04. The van der Waals surface area contributed by atoms with E-state index in [-0.39, 0.29) is 13.2 Å². The molecule has 0 aliphatic carbocycles. The maximum atomic E-state index is 9.32. The number of ether oxygens (including phenoxy) is 1. The van der Waals surface area contributed by atoms with Gasteiger partial charge in [0.05, 0.1) is 55.9 Å². The predicted octanol–water partition coefficient (Wildman–Crippen LogP) is 4.73. The normalized spacial score (nSPS) is 11.6. The summed E-state index contributed by atoms with van der Waals surface area (Å²) < 4.78 is 6.61. The zero-order chi connectivity index (χ0) is 23.1. The van der Waals surface area contributed by atoms with Crippen LogP contribution in [0.15, 0.2) is 58.8 Å². The van der Waals surface area contributed by atoms with Crippen LogP contribution >= 0.6 is 0 Å². The molecule has 32 heavy (non-hydrogen) atoms. The summed E-state index contributed by atoms with van der Waals surface area (Å²) in [6, 6.07) is 16.6. The quantitative estimate of drug-likeness (QED) is 0.238. The van der Waals surface area contributed by atoms with Gasteiger partial charge in [-0.3, -0.25) is 0 Å². The molecule has 0 bridgehead atoms. The molecule has 7 nitrogen and oxygen atoms in total. The lowest BCUT2D eigenvalue weighted by atomic mass is 10.1. The Balaban J connectivity index is 1.66. The molecule has 2 N–H and O–H groups in total. The van der Waals surface area contributed by atoms with Gasteiger partial charge < -0.3 is 19.4 Å². The van der Waals surface area contributed by atoms with Crippen LogP contribution < -0.4 is 4.74 Å². The number of likely N-dealkylation sites (N-methyl/N-ethyl adjacent to an activating group) is 1. The number of hydrogen-bond donors (Lipinski definition) is 2. The van der Waals surface area contributed by atoms with Crippen molar-refractivity contribution in [2.45, 2.75) is 32.6 Å². The maximum Gasteiger partial charge on any atom is 0.119 e. The van der Waals surface area contributed by atoms with Gasteiger partial charge in [-0.15, -0.1) is 0 Å². The van der Waals surface area contributed by atoms with Gasteiger partial charge in [-0.25, -0.2) is 0 Å². The van der Waals surface area contributed by atoms with Crippen LogP contribution in [0.4, 0.5) is 11.4 Å². The minimum absolute atomic E-state index is 0.164. The van der Waals surface area contributed by atoms with Crippen molar-refractivity contribution < 1.29 is 19.4 Å². The van der Waals surface area contributed by atoms with Gasteiger partial charge in [0.2, 0.25) is 0 Å². The molecule has 0 aliphatic heterocycles. The molecule has 0 unspecified atom stereocenters. The topological polar surface area (TPSA) is 98.2 Å². The van der Waals surface area contributed by atoms with Gasteiger partial charge in [0.15, 0.2) is 0 Å². The first-order valence-electron chi connectivity index (χ1n) is 11.4. The second-order valence-corrected chi connectivity index (χ2v) is 7.89. The van der Waals surface area contributed by atoms with Crippen molar-refractivity contribution in [2.24, 2.45) is 10.2 Å². The average Bonchev–Trinajstić information content (AvgIpc) is 2.83. The second-order valence-electron chi connectivity index (χ2n) is 7.89. The van der Waals surface area contributed by atoms with E-state index in [0.717, 1.165) is 54.7 Å². The zero-order valence-corrected chi connectivity index (χ0v) is 19.0. The van der Waals surface area contributed by atoms with E-state index < -0.39 is 0 Å². The van der Waals surface area contributed by atoms with E-state index >= 15 is 0 Å². The number of aliphatic hydroxyl groups excluding tert-OH is 2. The molecular weight excluding hydrogens is 404 g/mol. The van der Waals surface area contributed by atoms with Crippen LogP contribution in [0.5, 0.6) is 5.75 Å². The summed E-state index contributed by atoms with van der Waals surface area (Å²) in [7, 11) is 0. The number of quaternary nitrogens is 1. The van der Waals surface area contributed by atoms with E-state index in [2.05, 4.69) is 23.2 Å². The highest BCUT2D eigenvalue weighted by molar-refractivity contribution is 5.44. The van der Waals surface area contributed by atoms with Crippen LogP contribution in [0.2, 0.25) is 0 Å². The molecule has 0 fully saturated rings. The molecule has 7 heteroatoms. The summed E-state index contributed by atoms with van der Waals surface area (Å²) in [6.07, 6.45) is 4.30. The van der Waals surface area contributed by atoms with Crippen LogP contribution in [0.1, 0.15) is 38.2 Å². The SMILES string of the molecule is CC[N+](CCO)(CCO)CCCCCCOc1ccc(N=Nc2ccc(C#N)cc2)cc1. The summed E-state index contributed by atoms with van der Waals surface area (Å²) in [5.74, 6) is 0.815. The number of nitrogens with zero attached hydrogens (tertiary/aromatic N) is 4. The summed E-state index contributed by atoms with van der Waals surface area (Å²) in [4.78, 5) is 0. The van der Waals surface area contributed by atoms with Crippen LogP contribution in [0.25, 0.3) is 0 Å². The molecule has 2 rings (SSSR count). The lowest BCUT2D eigenvalue weighted by Crippen LogP contribution is -2.52. The number of aliphatic hydroxyl groups is 2. The smallest absolute Gasteiger partial charge is 0.119 e. The number of nitriles is 1. The minimum Gasteiger partial charge on any atom is -0.494 e. The molecule has 0 saturated heterocycles. The summed E-state index contributed by atoms with van der Waals surface area (Å²) in [6.45, 7) is 6.48. The van der Waals surface area contributed by atoms with Crippen molar-refractivity contribution in [1.82, 2.24) is 0 Å². The fourth-order valence-corrected chi connectivity index (χ4v) is 3.65. The van der Waals surface area contributed by atoms with Gasteiger partial charge in [-0.05, 0) is 81.1 Å². The first-order valence-corrected chi connectivity index (χ1v) is 11.4. The van der Waals surface area contributed by atoms with Crippen LogP contribution in [0.3, 0.4) is 0 Å². The Morgan fingerprint density at radius 1 is 0.812 bits per heavy atom. The maximum absolute atomic E-state index is 9.32. The van der Waals surface area contributed by atoms with E-state index in [0.29, 0.717) is 30.9 Å². The van der Waals surface area contributed by atoms with Crippen molar-refractivity contribution in [3.8, 4) is 11.8 Å². The van der Waals surface area contributed by atoms with E-state index in [1.54, 1.807) is 24.3 Å². The molecule has 0 spiro atoms. The van der Waals surface area contributed by atoms with Crippen molar-refractivity contribution in [3.63, 3.8) is 0 Å². The van der Waals surface area contributed by atoms with Crippen LogP contribution in [0, 0.1) is 11.3 Å². The molecule has 0 amide bonds. The molecule has 0 aliphatic rings. The Kier molecular flexibility index (Phi) is 11.4. The van der Waals surface area contributed by atoms with Gasteiger partial charge in [0.25, 0.3) is 0 Å². The molecule has 0 aromatic heterocycles. The highest BCUT2D eigenvalue weighted by Gasteiger charge is 2.23. The number of azo groups is 1. The first-order chi connectivity index (χ1) is 15.6. The van der Waals surface area contributed by atoms with Gasteiger partial charge >= 0.3 is 0 Å². The van der Waals surface area contributed by atoms with E-state index in [1.165, 1.54) is 0 Å². The molecule has 172 valence electrons. The Labute approximate surface area is 191 Å². The highest BCUT2D eigenvalue weighted by atomic mass is 16.5. The highest BCUT2D eigenvalue weighted by Crippen LogP contribution is 2.22. The Bertz CT molecular complexity index is 839. The third-order valence-corrected chi connectivity index (χ3v) is 5.73. The number of rotatable bonds is 15. The van der Waals surface area contributed by atoms with Crippen molar-refractivity contribution in [3.05, 3.63) is 54.1 Å². The first kappa shape index (κ1) is 25.5. The fraction of sp³-hybridized carbons (Fsp3) is 0.480. The molecular formula is C25H35N4O3+. The molecule has 2 aromatic rings. The third kappa shape index (κ3) is 8.75. The largest absolute Gasteiger partial charge is 0.494 e. The standard InChI is InChI=1S/C25H35N4O3/c1-2-29(16-18-30,17-19-31)15-5-3-4-6-20-32-25-13-11-24(12-14-25)28-27-23-9-7-22(21-26)8-10-23/h7-14,30-31H,2-6,15-20H2,1H3/q+1. The molecule has 0 atom stereocenters. The van der Waals surface area contributed by atoms with Gasteiger partial charge in [0.1, 0.15) is 18.8 Å². The number of hydrogen-bond acceptors (Lipinski definition) is 6. The average molecular weight is 440 g/mol. The second kappa shape index (κ2) is 14.3. The van der Waals surface area contributed by atoms with Gasteiger partial charge in [0, 0.05) is 0 Å². The van der Waals surface area contributed by atoms with Crippen molar-refractivity contribution >= 4 is 11.4 Å². The van der Waals surface area contributed by atoms with Crippen molar-refractivity contribution in [1.29, 1.82) is 5.26 Å². The zero-order valence-electron chi connectivity index (χ0n) is 19.0. The van der Waals surface area contributed by atoms with Gasteiger partial charge in [-0.2, -0.15) is 15.5 Å². The van der Waals surface area contributed by atoms with Crippen LogP contribution in [-0.2, 0) is 0 Å². The fourth-order valence-electron chi connectivity index (χ4n) is 3.65. The Hall–Kier alpha value is -2.79. The predicted molar refractivity (Wildman–Crippen MR) is 125 cm³/mol. The Morgan fingerprint density at radius 2 is 1.38 bits per heavy atom. The van der Waals surface area contributed by atoms with Gasteiger partial charge in [-0.1, -0.05) is 0 Å².